The summed E-state index contributed by atoms with van der Waals surface area (Å²) in [5.41, 5.74) is -0.547. The van der Waals surface area contributed by atoms with E-state index in [-0.39, 0.29) is 17.2 Å². The van der Waals surface area contributed by atoms with Crippen molar-refractivity contribution in [2.24, 2.45) is 23.2 Å². The van der Waals surface area contributed by atoms with Crippen LogP contribution in [0.25, 0.3) is 0 Å². The molecule has 26 heavy (non-hydrogen) atoms. The topological polar surface area (TPSA) is 54.5 Å². The molecule has 4 nitrogen and oxygen atoms in total. The largest absolute Gasteiger partial charge is 0.299 e. The zero-order chi connectivity index (χ0) is 18.5. The average Bonchev–Trinajstić information content (AvgIpc) is 3.09. The maximum Gasteiger partial charge on any atom is 0.245 e. The Labute approximate surface area is 154 Å². The van der Waals surface area contributed by atoms with Crippen LogP contribution in [0.15, 0.2) is 29.2 Å². The minimum absolute atomic E-state index is 0.156. The molecule has 1 aromatic carbocycles. The molecule has 0 aliphatic heterocycles. The van der Waals surface area contributed by atoms with Crippen LogP contribution in [0.2, 0.25) is 0 Å². The number of hydrogen-bond acceptors (Lipinski definition) is 3. The highest BCUT2D eigenvalue weighted by atomic mass is 32.2. The number of fused-ring (bicyclic) bond motifs is 2. The predicted octanol–water partition coefficient (Wildman–Crippen LogP) is 3.62. The molecule has 6 heteroatoms. The second-order valence-corrected chi connectivity index (χ2v) is 10.5. The maximum atomic E-state index is 13.9. The molecule has 3 atom stereocenters. The van der Waals surface area contributed by atoms with E-state index in [0.29, 0.717) is 18.3 Å². The Bertz CT molecular complexity index is 818. The molecule has 3 unspecified atom stereocenters. The van der Waals surface area contributed by atoms with E-state index < -0.39 is 21.3 Å². The Kier molecular flexibility index (Phi) is 4.47. The van der Waals surface area contributed by atoms with Crippen LogP contribution in [-0.2, 0) is 14.8 Å². The summed E-state index contributed by atoms with van der Waals surface area (Å²) in [6, 6.07) is 5.40. The number of halogens is 1. The van der Waals surface area contributed by atoms with Gasteiger partial charge in [-0.25, -0.2) is 12.8 Å². The molecule has 142 valence electrons. The number of nitrogens with zero attached hydrogens (tertiary/aromatic N) is 1. The molecule has 1 aromatic rings. The fourth-order valence-electron chi connectivity index (χ4n) is 5.09. The first-order valence-corrected chi connectivity index (χ1v) is 11.0. The summed E-state index contributed by atoms with van der Waals surface area (Å²) in [4.78, 5) is 12.6. The number of carbonyl (C=O) groups excluding carboxylic acids is 1. The van der Waals surface area contributed by atoms with Gasteiger partial charge < -0.3 is 0 Å². The summed E-state index contributed by atoms with van der Waals surface area (Å²) in [6.45, 7) is 0.156. The minimum atomic E-state index is -3.93. The van der Waals surface area contributed by atoms with E-state index >= 15 is 0 Å². The second kappa shape index (κ2) is 6.41. The highest BCUT2D eigenvalue weighted by molar-refractivity contribution is 7.89. The van der Waals surface area contributed by atoms with Crippen molar-refractivity contribution < 1.29 is 17.6 Å². The van der Waals surface area contributed by atoms with E-state index in [1.54, 1.807) is 0 Å². The Hall–Kier alpha value is -1.27. The van der Waals surface area contributed by atoms with Gasteiger partial charge in [-0.1, -0.05) is 18.6 Å². The van der Waals surface area contributed by atoms with Crippen LogP contribution >= 0.6 is 0 Å². The summed E-state index contributed by atoms with van der Waals surface area (Å²) in [7, 11) is -2.47. The van der Waals surface area contributed by atoms with Gasteiger partial charge in [-0.3, -0.25) is 4.79 Å². The molecule has 3 fully saturated rings. The van der Waals surface area contributed by atoms with Crippen LogP contribution in [0.3, 0.4) is 0 Å². The highest BCUT2D eigenvalue weighted by Crippen LogP contribution is 2.53. The number of rotatable bonds is 7. The highest BCUT2D eigenvalue weighted by Gasteiger charge is 2.52. The Morgan fingerprint density at radius 3 is 2.54 bits per heavy atom. The SMILES string of the molecule is CN(CC1(C(=O)CC2CC3CCC2C3)CC1)S(=O)(=O)c1ccccc1F. The fraction of sp³-hybridized carbons (Fsp3) is 0.650. The van der Waals surface area contributed by atoms with Gasteiger partial charge in [-0.05, 0) is 62.0 Å². The Morgan fingerprint density at radius 2 is 1.96 bits per heavy atom. The van der Waals surface area contributed by atoms with Gasteiger partial charge >= 0.3 is 0 Å². The number of hydrogen-bond donors (Lipinski definition) is 0. The zero-order valence-corrected chi connectivity index (χ0v) is 16.0. The lowest BCUT2D eigenvalue weighted by Gasteiger charge is -2.26. The van der Waals surface area contributed by atoms with E-state index in [0.717, 1.165) is 35.6 Å². The van der Waals surface area contributed by atoms with Gasteiger partial charge in [-0.15, -0.1) is 0 Å². The lowest BCUT2D eigenvalue weighted by molar-refractivity contribution is -0.125. The van der Waals surface area contributed by atoms with Gasteiger partial charge in [0.2, 0.25) is 10.0 Å². The number of carbonyl (C=O) groups is 1. The van der Waals surface area contributed by atoms with E-state index in [1.807, 2.05) is 0 Å². The molecule has 0 N–H and O–H groups in total. The molecule has 0 saturated heterocycles. The van der Waals surface area contributed by atoms with Gasteiger partial charge in [0.25, 0.3) is 0 Å². The van der Waals surface area contributed by atoms with E-state index in [2.05, 4.69) is 0 Å². The summed E-state index contributed by atoms with van der Waals surface area (Å²) in [5.74, 6) is 1.45. The van der Waals surface area contributed by atoms with E-state index in [4.69, 9.17) is 0 Å². The third kappa shape index (κ3) is 3.11. The molecular formula is C20H26FNO3S. The molecule has 2 bridgehead atoms. The van der Waals surface area contributed by atoms with Crippen molar-refractivity contribution in [1.29, 1.82) is 0 Å². The Morgan fingerprint density at radius 1 is 1.23 bits per heavy atom. The number of benzene rings is 1. The van der Waals surface area contributed by atoms with Crippen molar-refractivity contribution in [2.75, 3.05) is 13.6 Å². The average molecular weight is 379 g/mol. The van der Waals surface area contributed by atoms with E-state index in [9.17, 15) is 17.6 Å². The molecule has 3 aliphatic carbocycles. The maximum absolute atomic E-state index is 13.9. The van der Waals surface area contributed by atoms with Crippen LogP contribution in [0.1, 0.15) is 44.9 Å². The molecule has 0 aromatic heterocycles. The van der Waals surface area contributed by atoms with Gasteiger partial charge in [0.05, 0.1) is 0 Å². The number of ketones is 1. The van der Waals surface area contributed by atoms with Gasteiger partial charge in [0, 0.05) is 25.4 Å². The second-order valence-electron chi connectivity index (χ2n) is 8.53. The first-order chi connectivity index (χ1) is 12.3. The third-order valence-electron chi connectivity index (χ3n) is 6.83. The van der Waals surface area contributed by atoms with Gasteiger partial charge in [0.1, 0.15) is 16.5 Å². The lowest BCUT2D eigenvalue weighted by Crippen LogP contribution is -2.37. The summed E-state index contributed by atoms with van der Waals surface area (Å²) >= 11 is 0. The molecule has 4 rings (SSSR count). The van der Waals surface area contributed by atoms with Crippen LogP contribution in [0.4, 0.5) is 4.39 Å². The molecule has 0 heterocycles. The molecule has 0 spiro atoms. The van der Waals surface area contributed by atoms with Crippen molar-refractivity contribution in [3.63, 3.8) is 0 Å². The summed E-state index contributed by atoms with van der Waals surface area (Å²) in [6.07, 6.45) is 7.06. The number of sulfonamides is 1. The van der Waals surface area contributed by atoms with Crippen molar-refractivity contribution in [3.05, 3.63) is 30.1 Å². The molecule has 3 aliphatic rings. The standard InChI is InChI=1S/C20H26FNO3S/c1-22(26(24,25)18-5-3-2-4-17(18)21)13-20(8-9-20)19(23)12-16-11-14-6-7-15(16)10-14/h2-5,14-16H,6-13H2,1H3. The van der Waals surface area contributed by atoms with Crippen LogP contribution in [-0.4, -0.2) is 32.1 Å². The van der Waals surface area contributed by atoms with Crippen molar-refractivity contribution >= 4 is 15.8 Å². The monoisotopic (exact) mass is 379 g/mol. The quantitative estimate of drug-likeness (QED) is 0.727. The molecule has 0 radical (unpaired) electrons. The minimum Gasteiger partial charge on any atom is -0.299 e. The van der Waals surface area contributed by atoms with Gasteiger partial charge in [-0.2, -0.15) is 4.31 Å². The fourth-order valence-corrected chi connectivity index (χ4v) is 6.41. The van der Waals surface area contributed by atoms with Crippen molar-refractivity contribution in [1.82, 2.24) is 4.31 Å². The number of Topliss-reactive ketones (excluding diaryl/α,β-unsaturated/α-hetero) is 1. The summed E-state index contributed by atoms with van der Waals surface area (Å²) in [5, 5.41) is 0. The summed E-state index contributed by atoms with van der Waals surface area (Å²) < 4.78 is 40.5. The van der Waals surface area contributed by atoms with Crippen LogP contribution < -0.4 is 0 Å². The zero-order valence-electron chi connectivity index (χ0n) is 15.2. The van der Waals surface area contributed by atoms with Crippen molar-refractivity contribution in [3.8, 4) is 0 Å². The first kappa shape index (κ1) is 18.1. The predicted molar refractivity (Wildman–Crippen MR) is 96.4 cm³/mol. The first-order valence-electron chi connectivity index (χ1n) is 9.56. The third-order valence-corrected chi connectivity index (χ3v) is 8.66. The van der Waals surface area contributed by atoms with Gasteiger partial charge in [0.15, 0.2) is 0 Å². The van der Waals surface area contributed by atoms with E-state index in [1.165, 1.54) is 44.5 Å². The lowest BCUT2D eigenvalue weighted by atomic mass is 9.82. The Balaban J connectivity index is 1.44. The molecule has 3 saturated carbocycles. The molecule has 0 amide bonds. The van der Waals surface area contributed by atoms with Crippen LogP contribution in [0, 0.1) is 29.0 Å². The molecular weight excluding hydrogens is 353 g/mol. The smallest absolute Gasteiger partial charge is 0.245 e. The normalized spacial score (nSPS) is 29.3. The van der Waals surface area contributed by atoms with Crippen LogP contribution in [0.5, 0.6) is 0 Å². The van der Waals surface area contributed by atoms with Crippen molar-refractivity contribution in [2.45, 2.75) is 49.8 Å².